The highest BCUT2D eigenvalue weighted by atomic mass is 16.2. The first-order valence-corrected chi connectivity index (χ1v) is 7.68. The minimum absolute atomic E-state index is 0.0260. The van der Waals surface area contributed by atoms with E-state index in [9.17, 15) is 4.79 Å². The highest BCUT2D eigenvalue weighted by molar-refractivity contribution is 6.04. The van der Waals surface area contributed by atoms with Crippen LogP contribution < -0.4 is 15.5 Å². The van der Waals surface area contributed by atoms with Crippen molar-refractivity contribution in [3.05, 3.63) is 23.8 Å². The summed E-state index contributed by atoms with van der Waals surface area (Å²) in [5, 5.41) is 0. The van der Waals surface area contributed by atoms with Crippen molar-refractivity contribution in [3.63, 3.8) is 0 Å². The molecule has 2 aliphatic heterocycles. The Kier molecular flexibility index (Phi) is 3.87. The summed E-state index contributed by atoms with van der Waals surface area (Å²) in [4.78, 5) is 18.3. The highest BCUT2D eigenvalue weighted by Crippen LogP contribution is 2.36. The molecular weight excluding hydrogens is 264 g/mol. The lowest BCUT2D eigenvalue weighted by Crippen LogP contribution is -2.31. The van der Waals surface area contributed by atoms with Crippen molar-refractivity contribution >= 4 is 17.3 Å². The van der Waals surface area contributed by atoms with Gasteiger partial charge in [0.1, 0.15) is 6.04 Å². The third-order valence-electron chi connectivity index (χ3n) is 4.70. The molecule has 3 rings (SSSR count). The Labute approximate surface area is 126 Å². The number of amides is 1. The van der Waals surface area contributed by atoms with Crippen LogP contribution in [0.5, 0.6) is 0 Å². The van der Waals surface area contributed by atoms with Crippen molar-refractivity contribution in [3.8, 4) is 0 Å². The summed E-state index contributed by atoms with van der Waals surface area (Å²) < 4.78 is 0. The Morgan fingerprint density at radius 1 is 1.33 bits per heavy atom. The summed E-state index contributed by atoms with van der Waals surface area (Å²) >= 11 is 0. The van der Waals surface area contributed by atoms with E-state index < -0.39 is 6.04 Å². The SMILES string of the molecule is CN(CCN1CCCC1)c1ccc2c(c1)N(C)C(=O)C2N. The average molecular weight is 288 g/mol. The number of benzene rings is 1. The second-order valence-electron chi connectivity index (χ2n) is 6.09. The first-order chi connectivity index (χ1) is 10.1. The number of fused-ring (bicyclic) bond motifs is 1. The van der Waals surface area contributed by atoms with Crippen LogP contribution in [0.3, 0.4) is 0 Å². The van der Waals surface area contributed by atoms with Crippen LogP contribution in [0.4, 0.5) is 11.4 Å². The zero-order valence-electron chi connectivity index (χ0n) is 12.9. The molecule has 1 aromatic carbocycles. The zero-order valence-corrected chi connectivity index (χ0v) is 12.9. The molecule has 114 valence electrons. The predicted octanol–water partition coefficient (Wildman–Crippen LogP) is 1.19. The maximum atomic E-state index is 11.9. The molecule has 1 unspecified atom stereocenters. The molecule has 1 atom stereocenters. The van der Waals surface area contributed by atoms with Crippen molar-refractivity contribution in [1.82, 2.24) is 4.90 Å². The van der Waals surface area contributed by atoms with Gasteiger partial charge in [0.2, 0.25) is 5.91 Å². The van der Waals surface area contributed by atoms with E-state index in [-0.39, 0.29) is 5.91 Å². The lowest BCUT2D eigenvalue weighted by Gasteiger charge is -2.24. The number of nitrogens with two attached hydrogens (primary N) is 1. The molecule has 5 nitrogen and oxygen atoms in total. The Morgan fingerprint density at radius 3 is 2.76 bits per heavy atom. The number of likely N-dealkylation sites (tertiary alicyclic amines) is 1. The van der Waals surface area contributed by atoms with Gasteiger partial charge in [0, 0.05) is 38.4 Å². The van der Waals surface area contributed by atoms with Gasteiger partial charge < -0.3 is 20.4 Å². The van der Waals surface area contributed by atoms with Gasteiger partial charge >= 0.3 is 0 Å². The van der Waals surface area contributed by atoms with E-state index in [1.165, 1.54) is 25.9 Å². The average Bonchev–Trinajstić information content (AvgIpc) is 3.09. The molecule has 0 aliphatic carbocycles. The minimum atomic E-state index is -0.506. The zero-order chi connectivity index (χ0) is 15.0. The van der Waals surface area contributed by atoms with E-state index in [1.807, 2.05) is 6.07 Å². The summed E-state index contributed by atoms with van der Waals surface area (Å²) in [5.74, 6) is -0.0260. The summed E-state index contributed by atoms with van der Waals surface area (Å²) in [6.07, 6.45) is 2.65. The van der Waals surface area contributed by atoms with Gasteiger partial charge in [-0.2, -0.15) is 0 Å². The van der Waals surface area contributed by atoms with Gasteiger partial charge in [-0.05, 0) is 38.1 Å². The van der Waals surface area contributed by atoms with Crippen LogP contribution >= 0.6 is 0 Å². The van der Waals surface area contributed by atoms with E-state index >= 15 is 0 Å². The monoisotopic (exact) mass is 288 g/mol. The first-order valence-electron chi connectivity index (χ1n) is 7.68. The number of nitrogens with zero attached hydrogens (tertiary/aromatic N) is 3. The van der Waals surface area contributed by atoms with Crippen LogP contribution in [0.15, 0.2) is 18.2 Å². The molecule has 0 radical (unpaired) electrons. The normalized spacial score (nSPS) is 22.0. The molecule has 0 aromatic heterocycles. The van der Waals surface area contributed by atoms with Gasteiger partial charge in [-0.15, -0.1) is 0 Å². The number of hydrogen-bond donors (Lipinski definition) is 1. The fraction of sp³-hybridized carbons (Fsp3) is 0.562. The van der Waals surface area contributed by atoms with Crippen LogP contribution in [0, 0.1) is 0 Å². The van der Waals surface area contributed by atoms with E-state index in [2.05, 4.69) is 29.0 Å². The van der Waals surface area contributed by atoms with E-state index in [1.54, 1.807) is 11.9 Å². The van der Waals surface area contributed by atoms with Crippen LogP contribution in [0.25, 0.3) is 0 Å². The fourth-order valence-corrected chi connectivity index (χ4v) is 3.21. The van der Waals surface area contributed by atoms with Crippen molar-refractivity contribution in [2.24, 2.45) is 5.73 Å². The number of rotatable bonds is 4. The smallest absolute Gasteiger partial charge is 0.248 e. The number of hydrogen-bond acceptors (Lipinski definition) is 4. The second kappa shape index (κ2) is 5.66. The number of likely N-dealkylation sites (N-methyl/N-ethyl adjacent to an activating group) is 2. The molecule has 1 amide bonds. The Morgan fingerprint density at radius 2 is 2.05 bits per heavy atom. The van der Waals surface area contributed by atoms with Crippen molar-refractivity contribution in [2.45, 2.75) is 18.9 Å². The Hall–Kier alpha value is -1.59. The number of anilines is 2. The molecule has 21 heavy (non-hydrogen) atoms. The molecule has 1 fully saturated rings. The maximum Gasteiger partial charge on any atom is 0.248 e. The third-order valence-corrected chi connectivity index (χ3v) is 4.70. The molecule has 2 heterocycles. The lowest BCUT2D eigenvalue weighted by molar-refractivity contribution is -0.118. The lowest BCUT2D eigenvalue weighted by atomic mass is 10.1. The van der Waals surface area contributed by atoms with Crippen molar-refractivity contribution < 1.29 is 4.79 Å². The van der Waals surface area contributed by atoms with E-state index in [0.717, 1.165) is 30.0 Å². The summed E-state index contributed by atoms with van der Waals surface area (Å²) in [7, 11) is 3.90. The molecular formula is C16H24N4O. The summed E-state index contributed by atoms with van der Waals surface area (Å²) in [6.45, 7) is 4.55. The Bertz CT molecular complexity index is 539. The van der Waals surface area contributed by atoms with Gasteiger partial charge in [0.25, 0.3) is 0 Å². The van der Waals surface area contributed by atoms with Gasteiger partial charge in [-0.1, -0.05) is 6.07 Å². The van der Waals surface area contributed by atoms with Gasteiger partial charge in [0.05, 0.1) is 5.69 Å². The molecule has 0 saturated carbocycles. The number of carbonyl (C=O) groups excluding carboxylic acids is 1. The molecule has 0 spiro atoms. The Balaban J connectivity index is 1.70. The third kappa shape index (κ3) is 2.63. The van der Waals surface area contributed by atoms with Gasteiger partial charge in [-0.25, -0.2) is 0 Å². The molecule has 5 heteroatoms. The van der Waals surface area contributed by atoms with Crippen molar-refractivity contribution in [2.75, 3.05) is 50.1 Å². The molecule has 2 N–H and O–H groups in total. The second-order valence-corrected chi connectivity index (χ2v) is 6.09. The quantitative estimate of drug-likeness (QED) is 0.904. The molecule has 1 aromatic rings. The first kappa shape index (κ1) is 14.4. The van der Waals surface area contributed by atoms with E-state index in [0.29, 0.717) is 0 Å². The van der Waals surface area contributed by atoms with Gasteiger partial charge in [0.15, 0.2) is 0 Å². The van der Waals surface area contributed by atoms with Crippen LogP contribution in [0.2, 0.25) is 0 Å². The fourth-order valence-electron chi connectivity index (χ4n) is 3.21. The summed E-state index contributed by atoms with van der Waals surface area (Å²) in [6, 6.07) is 5.62. The number of carbonyl (C=O) groups is 1. The minimum Gasteiger partial charge on any atom is -0.373 e. The van der Waals surface area contributed by atoms with Gasteiger partial charge in [-0.3, -0.25) is 4.79 Å². The van der Waals surface area contributed by atoms with Crippen LogP contribution in [-0.4, -0.2) is 51.1 Å². The van der Waals surface area contributed by atoms with Crippen LogP contribution in [0.1, 0.15) is 24.4 Å². The standard InChI is InChI=1S/C16H24N4O/c1-18(9-10-20-7-3-4-8-20)12-5-6-13-14(11-12)19(2)16(21)15(13)17/h5-6,11,15H,3-4,7-10,17H2,1-2H3. The highest BCUT2D eigenvalue weighted by Gasteiger charge is 2.32. The summed E-state index contributed by atoms with van der Waals surface area (Å²) in [5.41, 5.74) is 8.95. The predicted molar refractivity (Wildman–Crippen MR) is 85.7 cm³/mol. The van der Waals surface area contributed by atoms with Crippen molar-refractivity contribution in [1.29, 1.82) is 0 Å². The molecule has 2 aliphatic rings. The maximum absolute atomic E-state index is 11.9. The van der Waals surface area contributed by atoms with Crippen LogP contribution in [-0.2, 0) is 4.79 Å². The molecule has 1 saturated heterocycles. The molecule has 0 bridgehead atoms. The largest absolute Gasteiger partial charge is 0.373 e. The van der Waals surface area contributed by atoms with E-state index in [4.69, 9.17) is 5.73 Å². The topological polar surface area (TPSA) is 52.8 Å².